The number of nitrogens with zero attached hydrogens (tertiary/aromatic N) is 2. The largest absolute Gasteiger partial charge is 0.505 e. The molecule has 16 heavy (non-hydrogen) atoms. The molecule has 0 atom stereocenters. The molecule has 0 unspecified atom stereocenters. The van der Waals surface area contributed by atoms with E-state index in [-0.39, 0.29) is 17.3 Å². The normalized spacial score (nSPS) is 14.8. The van der Waals surface area contributed by atoms with Gasteiger partial charge in [0.2, 0.25) is 5.91 Å². The van der Waals surface area contributed by atoms with Crippen molar-refractivity contribution in [1.29, 1.82) is 0 Å². The summed E-state index contributed by atoms with van der Waals surface area (Å²) in [5.74, 6) is -0.323. The van der Waals surface area contributed by atoms with Gasteiger partial charge in [0.15, 0.2) is 0 Å². The van der Waals surface area contributed by atoms with Gasteiger partial charge in [-0.25, -0.2) is 0 Å². The van der Waals surface area contributed by atoms with E-state index in [9.17, 15) is 20.0 Å². The molecule has 1 N–H and O–H groups in total. The van der Waals surface area contributed by atoms with E-state index in [2.05, 4.69) is 0 Å². The number of non-ortho nitro benzene ring substituents is 1. The summed E-state index contributed by atoms with van der Waals surface area (Å²) in [6.45, 7) is 0. The van der Waals surface area contributed by atoms with E-state index in [1.54, 1.807) is 7.05 Å². The van der Waals surface area contributed by atoms with E-state index in [4.69, 9.17) is 0 Å². The summed E-state index contributed by atoms with van der Waals surface area (Å²) in [6, 6.07) is 2.46. The first-order valence-electron chi connectivity index (χ1n) is 4.77. The maximum Gasteiger partial charge on any atom is 0.273 e. The molecule has 6 nitrogen and oxygen atoms in total. The quantitative estimate of drug-likeness (QED) is 0.571. The Morgan fingerprint density at radius 1 is 1.44 bits per heavy atom. The fraction of sp³-hybridized carbons (Fsp3) is 0.300. The summed E-state index contributed by atoms with van der Waals surface area (Å²) in [4.78, 5) is 22.8. The minimum Gasteiger partial charge on any atom is -0.505 e. The number of fused-ring (bicyclic) bond motifs is 1. The molecule has 6 heteroatoms. The van der Waals surface area contributed by atoms with Gasteiger partial charge in [-0.3, -0.25) is 14.9 Å². The van der Waals surface area contributed by atoms with Gasteiger partial charge in [0.1, 0.15) is 5.75 Å². The van der Waals surface area contributed by atoms with Crippen LogP contribution in [0.4, 0.5) is 11.4 Å². The second kappa shape index (κ2) is 3.48. The Kier molecular flexibility index (Phi) is 2.26. The number of carbonyl (C=O) groups is 1. The number of nitro groups is 1. The molecule has 0 saturated heterocycles. The first kappa shape index (κ1) is 10.4. The van der Waals surface area contributed by atoms with Crippen molar-refractivity contribution in [2.24, 2.45) is 0 Å². The van der Waals surface area contributed by atoms with Crippen LogP contribution in [0.15, 0.2) is 12.1 Å². The molecule has 0 aromatic heterocycles. The van der Waals surface area contributed by atoms with Crippen molar-refractivity contribution in [2.45, 2.75) is 12.8 Å². The Balaban J connectivity index is 2.58. The number of carbonyl (C=O) groups excluding carboxylic acids is 1. The van der Waals surface area contributed by atoms with Gasteiger partial charge in [0, 0.05) is 19.5 Å². The predicted molar refractivity (Wildman–Crippen MR) is 56.5 cm³/mol. The molecular formula is C10H10N2O4. The number of anilines is 1. The molecule has 84 valence electrons. The van der Waals surface area contributed by atoms with Crippen molar-refractivity contribution >= 4 is 17.3 Å². The lowest BCUT2D eigenvalue weighted by atomic mass is 10.0. The van der Waals surface area contributed by atoms with Crippen LogP contribution in [0, 0.1) is 10.1 Å². The van der Waals surface area contributed by atoms with E-state index in [1.807, 2.05) is 0 Å². The van der Waals surface area contributed by atoms with Crippen molar-refractivity contribution in [3.8, 4) is 5.75 Å². The topological polar surface area (TPSA) is 83.7 Å². The lowest BCUT2D eigenvalue weighted by molar-refractivity contribution is -0.385. The summed E-state index contributed by atoms with van der Waals surface area (Å²) in [7, 11) is 1.55. The zero-order valence-corrected chi connectivity index (χ0v) is 8.64. The molecule has 1 aromatic carbocycles. The van der Waals surface area contributed by atoms with Crippen LogP contribution < -0.4 is 4.90 Å². The molecule has 2 rings (SSSR count). The summed E-state index contributed by atoms with van der Waals surface area (Å²) in [5.41, 5.74) is 0.856. The maximum absolute atomic E-state index is 11.4. The highest BCUT2D eigenvalue weighted by Gasteiger charge is 2.26. The highest BCUT2D eigenvalue weighted by Crippen LogP contribution is 2.38. The second-order valence-electron chi connectivity index (χ2n) is 3.68. The molecule has 1 heterocycles. The van der Waals surface area contributed by atoms with Gasteiger partial charge in [-0.2, -0.15) is 0 Å². The molecule has 0 radical (unpaired) electrons. The Labute approximate surface area is 91.3 Å². The van der Waals surface area contributed by atoms with Crippen molar-refractivity contribution in [2.75, 3.05) is 11.9 Å². The number of nitro benzene ring substituents is 1. The van der Waals surface area contributed by atoms with Crippen molar-refractivity contribution in [3.05, 3.63) is 27.8 Å². The number of rotatable bonds is 1. The van der Waals surface area contributed by atoms with Crippen LogP contribution in [0.3, 0.4) is 0 Å². The fourth-order valence-electron chi connectivity index (χ4n) is 1.88. The highest BCUT2D eigenvalue weighted by atomic mass is 16.6. The van der Waals surface area contributed by atoms with Crippen LogP contribution in [0.5, 0.6) is 5.75 Å². The third-order valence-electron chi connectivity index (χ3n) is 2.68. The predicted octanol–water partition coefficient (Wildman–Crippen LogP) is 1.21. The van der Waals surface area contributed by atoms with Gasteiger partial charge in [-0.15, -0.1) is 0 Å². The van der Waals surface area contributed by atoms with Crippen LogP contribution in [-0.4, -0.2) is 23.0 Å². The lowest BCUT2D eigenvalue weighted by Crippen LogP contribution is -2.31. The first-order chi connectivity index (χ1) is 7.50. The number of hydrogen-bond donors (Lipinski definition) is 1. The third-order valence-corrected chi connectivity index (χ3v) is 2.68. The molecular weight excluding hydrogens is 212 g/mol. The molecule has 1 aliphatic heterocycles. The Morgan fingerprint density at radius 3 is 2.75 bits per heavy atom. The van der Waals surface area contributed by atoms with Crippen LogP contribution in [0.25, 0.3) is 0 Å². The van der Waals surface area contributed by atoms with Crippen molar-refractivity contribution in [3.63, 3.8) is 0 Å². The van der Waals surface area contributed by atoms with E-state index >= 15 is 0 Å². The molecule has 1 aliphatic rings. The smallest absolute Gasteiger partial charge is 0.273 e. The van der Waals surface area contributed by atoms with Gasteiger partial charge >= 0.3 is 0 Å². The first-order valence-corrected chi connectivity index (χ1v) is 4.77. The minimum atomic E-state index is -0.559. The summed E-state index contributed by atoms with van der Waals surface area (Å²) >= 11 is 0. The molecule has 0 aliphatic carbocycles. The summed E-state index contributed by atoms with van der Waals surface area (Å²) in [6.07, 6.45) is 0.734. The molecule has 0 spiro atoms. The molecule has 0 bridgehead atoms. The molecule has 0 saturated carbocycles. The number of aromatic hydroxyl groups is 1. The fourth-order valence-corrected chi connectivity index (χ4v) is 1.88. The Bertz CT molecular complexity index is 484. The van der Waals surface area contributed by atoms with E-state index in [0.29, 0.717) is 24.1 Å². The Hall–Kier alpha value is -2.11. The Morgan fingerprint density at radius 2 is 2.12 bits per heavy atom. The zero-order valence-electron chi connectivity index (χ0n) is 8.64. The van der Waals surface area contributed by atoms with E-state index < -0.39 is 4.92 Å². The number of phenolic OH excluding ortho intramolecular Hbond substituents is 1. The van der Waals surface area contributed by atoms with E-state index in [1.165, 1.54) is 11.0 Å². The number of phenols is 1. The lowest BCUT2D eigenvalue weighted by Gasteiger charge is -2.26. The number of aryl methyl sites for hydroxylation is 1. The highest BCUT2D eigenvalue weighted by molar-refractivity contribution is 5.97. The molecule has 1 aromatic rings. The van der Waals surface area contributed by atoms with Gasteiger partial charge in [-0.1, -0.05) is 0 Å². The van der Waals surface area contributed by atoms with Crippen LogP contribution in [0.1, 0.15) is 12.0 Å². The van der Waals surface area contributed by atoms with Gasteiger partial charge in [0.05, 0.1) is 16.7 Å². The van der Waals surface area contributed by atoms with Gasteiger partial charge < -0.3 is 10.0 Å². The number of benzene rings is 1. The maximum atomic E-state index is 11.4. The SMILES string of the molecule is CN1C(=O)CCc2cc([N+](=O)[O-])cc(O)c21. The number of hydrogen-bond acceptors (Lipinski definition) is 4. The average Bonchev–Trinajstić information content (AvgIpc) is 2.22. The summed E-state index contributed by atoms with van der Waals surface area (Å²) < 4.78 is 0. The second-order valence-corrected chi connectivity index (χ2v) is 3.68. The standard InChI is InChI=1S/C10H10N2O4/c1-11-9(14)3-2-6-4-7(12(15)16)5-8(13)10(6)11/h4-5,13H,2-3H2,1H3. The average molecular weight is 222 g/mol. The van der Waals surface area contributed by atoms with Crippen LogP contribution in [-0.2, 0) is 11.2 Å². The van der Waals surface area contributed by atoms with Gasteiger partial charge in [0.25, 0.3) is 5.69 Å². The van der Waals surface area contributed by atoms with Crippen LogP contribution >= 0.6 is 0 Å². The van der Waals surface area contributed by atoms with Gasteiger partial charge in [-0.05, 0) is 12.0 Å². The minimum absolute atomic E-state index is 0.100. The van der Waals surface area contributed by atoms with Crippen molar-refractivity contribution in [1.82, 2.24) is 0 Å². The number of amides is 1. The summed E-state index contributed by atoms with van der Waals surface area (Å²) in [5, 5.41) is 20.3. The molecule has 0 fully saturated rings. The third kappa shape index (κ3) is 1.48. The monoisotopic (exact) mass is 222 g/mol. The van der Waals surface area contributed by atoms with E-state index in [0.717, 1.165) is 6.07 Å². The zero-order chi connectivity index (χ0) is 11.9. The van der Waals surface area contributed by atoms with Crippen LogP contribution in [0.2, 0.25) is 0 Å². The molecule has 1 amide bonds. The van der Waals surface area contributed by atoms with Crippen molar-refractivity contribution < 1.29 is 14.8 Å².